The summed E-state index contributed by atoms with van der Waals surface area (Å²) in [6.45, 7) is 8.01. The summed E-state index contributed by atoms with van der Waals surface area (Å²) in [5, 5.41) is 26.5. The lowest BCUT2D eigenvalue weighted by molar-refractivity contribution is -0.137. The van der Waals surface area contributed by atoms with Crippen LogP contribution in [0.15, 0.2) is 60.7 Å². The van der Waals surface area contributed by atoms with E-state index in [1.54, 1.807) is 24.3 Å². The summed E-state index contributed by atoms with van der Waals surface area (Å²) in [5.74, 6) is -1.82. The maximum absolute atomic E-state index is 12.3. The molecule has 2 aromatic carbocycles. The molecule has 0 bridgehead atoms. The van der Waals surface area contributed by atoms with Crippen molar-refractivity contribution in [1.82, 2.24) is 4.90 Å². The van der Waals surface area contributed by atoms with Gasteiger partial charge in [0.1, 0.15) is 0 Å². The van der Waals surface area contributed by atoms with Crippen LogP contribution in [0, 0.1) is 22.7 Å². The number of amides is 1. The third-order valence-corrected chi connectivity index (χ3v) is 4.87. The van der Waals surface area contributed by atoms with Crippen LogP contribution < -0.4 is 0 Å². The lowest BCUT2D eigenvalue weighted by Gasteiger charge is -2.31. The number of nitriles is 2. The molecule has 2 aromatic rings. The van der Waals surface area contributed by atoms with E-state index in [1.165, 1.54) is 0 Å². The van der Waals surface area contributed by atoms with E-state index in [4.69, 9.17) is 10.4 Å². The third-order valence-electron chi connectivity index (χ3n) is 4.87. The Morgan fingerprint density at radius 2 is 1.16 bits per heavy atom. The molecule has 1 N–H and O–H groups in total. The summed E-state index contributed by atoms with van der Waals surface area (Å²) in [5.41, 5.74) is 1.67. The zero-order chi connectivity index (χ0) is 24.1. The first-order chi connectivity index (χ1) is 15.2. The Bertz CT molecular complexity index is 920. The minimum atomic E-state index is -0.949. The molecular weight excluding hydrogens is 402 g/mol. The number of nitrogens with zero attached hydrogens (tertiary/aromatic N) is 3. The van der Waals surface area contributed by atoms with Crippen molar-refractivity contribution < 1.29 is 14.7 Å². The molecule has 2 atom stereocenters. The summed E-state index contributed by atoms with van der Waals surface area (Å²) in [6, 6.07) is 23.0. The molecule has 0 radical (unpaired) electrons. The third kappa shape index (κ3) is 8.62. The molecule has 0 saturated heterocycles. The van der Waals surface area contributed by atoms with Crippen molar-refractivity contribution in [2.75, 3.05) is 0 Å². The molecule has 2 unspecified atom stereocenters. The molecule has 0 saturated carbocycles. The number of carbonyl (C=O) groups is 2. The Morgan fingerprint density at radius 3 is 1.47 bits per heavy atom. The molecule has 6 nitrogen and oxygen atoms in total. The molecule has 0 heterocycles. The van der Waals surface area contributed by atoms with Gasteiger partial charge in [-0.05, 0) is 38.8 Å². The van der Waals surface area contributed by atoms with E-state index in [0.29, 0.717) is 0 Å². The first-order valence-electron chi connectivity index (χ1n) is 10.6. The van der Waals surface area contributed by atoms with Crippen LogP contribution in [0.1, 0.15) is 63.5 Å². The first-order valence-corrected chi connectivity index (χ1v) is 10.6. The van der Waals surface area contributed by atoms with Crippen molar-refractivity contribution in [1.29, 1.82) is 10.5 Å². The first kappa shape index (κ1) is 26.4. The van der Waals surface area contributed by atoms with Gasteiger partial charge in [-0.3, -0.25) is 9.59 Å². The zero-order valence-corrected chi connectivity index (χ0v) is 19.1. The molecule has 1 amide bonds. The van der Waals surface area contributed by atoms with Gasteiger partial charge in [0.25, 0.3) is 0 Å². The summed E-state index contributed by atoms with van der Waals surface area (Å²) < 4.78 is 0. The van der Waals surface area contributed by atoms with E-state index in [-0.39, 0.29) is 36.8 Å². The fraction of sp³-hybridized carbons (Fsp3) is 0.385. The summed E-state index contributed by atoms with van der Waals surface area (Å²) in [7, 11) is 0. The lowest BCUT2D eigenvalue weighted by Crippen LogP contribution is -2.42. The van der Waals surface area contributed by atoms with Crippen LogP contribution in [0.4, 0.5) is 0 Å². The van der Waals surface area contributed by atoms with E-state index in [0.717, 1.165) is 11.1 Å². The van der Waals surface area contributed by atoms with Crippen molar-refractivity contribution in [3.05, 3.63) is 71.8 Å². The normalized spacial score (nSPS) is 12.0. The molecular formula is C26H31N3O3. The summed E-state index contributed by atoms with van der Waals surface area (Å²) in [4.78, 5) is 24.6. The predicted molar refractivity (Wildman–Crippen MR) is 124 cm³/mol. The Kier molecular flexibility index (Phi) is 11.2. The second kappa shape index (κ2) is 13.6. The predicted octanol–water partition coefficient (Wildman–Crippen LogP) is 5.10. The fourth-order valence-electron chi connectivity index (χ4n) is 3.47. The number of carboxylic acid groups (broad SMARTS) is 1. The van der Waals surface area contributed by atoms with Crippen molar-refractivity contribution >= 4 is 11.9 Å². The highest BCUT2D eigenvalue weighted by atomic mass is 16.4. The van der Waals surface area contributed by atoms with Crippen molar-refractivity contribution in [3.8, 4) is 12.1 Å². The number of carbonyl (C=O) groups excluding carboxylic acids is 1. The van der Waals surface area contributed by atoms with E-state index >= 15 is 0 Å². The molecule has 168 valence electrons. The summed E-state index contributed by atoms with van der Waals surface area (Å²) >= 11 is 0. The van der Waals surface area contributed by atoms with Gasteiger partial charge in [0, 0.05) is 18.5 Å². The fourth-order valence-corrected chi connectivity index (χ4v) is 3.47. The van der Waals surface area contributed by atoms with Gasteiger partial charge in [-0.15, -0.1) is 0 Å². The average Bonchev–Trinajstić information content (AvgIpc) is 2.76. The maximum Gasteiger partial charge on any atom is 0.305 e. The van der Waals surface area contributed by atoms with E-state index in [9.17, 15) is 14.9 Å². The minimum absolute atomic E-state index is 0.0420. The van der Waals surface area contributed by atoms with Crippen LogP contribution in [-0.2, 0) is 9.59 Å². The van der Waals surface area contributed by atoms with Crippen molar-refractivity contribution in [2.45, 2.75) is 64.5 Å². The Balaban J connectivity index is 0.000000343. The summed E-state index contributed by atoms with van der Waals surface area (Å²) in [6.07, 6.45) is 0.109. The number of hydrogen-bond donors (Lipinski definition) is 1. The van der Waals surface area contributed by atoms with Crippen LogP contribution >= 0.6 is 0 Å². The number of benzene rings is 2. The minimum Gasteiger partial charge on any atom is -0.481 e. The van der Waals surface area contributed by atoms with Crippen LogP contribution in [0.3, 0.4) is 0 Å². The standard InChI is InChI=1S/C16H22N2O.C10H9NO2/c1-12(2)18(13(3)4)16(19)10-15(11-17)14-8-6-5-7-9-14;11-7-9(6-10(12)13)8-4-2-1-3-5-8/h5-9,12-13,15H,10H2,1-4H3;1-5,9H,6H2,(H,12,13). The number of hydrogen-bond acceptors (Lipinski definition) is 4. The molecule has 0 fully saturated rings. The van der Waals surface area contributed by atoms with Crippen molar-refractivity contribution in [2.24, 2.45) is 0 Å². The maximum atomic E-state index is 12.3. The Labute approximate surface area is 190 Å². The van der Waals surface area contributed by atoms with Gasteiger partial charge in [0.2, 0.25) is 5.91 Å². The van der Waals surface area contributed by atoms with E-state index in [2.05, 4.69) is 6.07 Å². The molecule has 32 heavy (non-hydrogen) atoms. The molecule has 6 heteroatoms. The number of carboxylic acids is 1. The highest BCUT2D eigenvalue weighted by Gasteiger charge is 2.24. The van der Waals surface area contributed by atoms with Crippen LogP contribution in [-0.4, -0.2) is 34.0 Å². The van der Waals surface area contributed by atoms with Gasteiger partial charge in [-0.1, -0.05) is 60.7 Å². The molecule has 2 rings (SSSR count). The molecule has 0 aliphatic rings. The van der Waals surface area contributed by atoms with Gasteiger partial charge in [-0.25, -0.2) is 0 Å². The highest BCUT2D eigenvalue weighted by Crippen LogP contribution is 2.21. The van der Waals surface area contributed by atoms with E-state index < -0.39 is 11.9 Å². The monoisotopic (exact) mass is 433 g/mol. The van der Waals surface area contributed by atoms with E-state index in [1.807, 2.05) is 75.1 Å². The van der Waals surface area contributed by atoms with Crippen LogP contribution in [0.5, 0.6) is 0 Å². The topological polar surface area (TPSA) is 105 Å². The van der Waals surface area contributed by atoms with Crippen LogP contribution in [0.25, 0.3) is 0 Å². The second-order valence-electron chi connectivity index (χ2n) is 7.98. The molecule has 0 aromatic heterocycles. The van der Waals surface area contributed by atoms with Crippen molar-refractivity contribution in [3.63, 3.8) is 0 Å². The Hall–Kier alpha value is -3.64. The van der Waals surface area contributed by atoms with Gasteiger partial charge in [0.05, 0.1) is 30.4 Å². The largest absolute Gasteiger partial charge is 0.481 e. The number of rotatable bonds is 8. The van der Waals surface area contributed by atoms with Gasteiger partial charge in [-0.2, -0.15) is 10.5 Å². The molecule has 0 aliphatic carbocycles. The Morgan fingerprint density at radius 1 is 0.781 bits per heavy atom. The van der Waals surface area contributed by atoms with Crippen LogP contribution in [0.2, 0.25) is 0 Å². The molecule has 0 spiro atoms. The quantitative estimate of drug-likeness (QED) is 0.624. The average molecular weight is 434 g/mol. The molecule has 0 aliphatic heterocycles. The van der Waals surface area contributed by atoms with Gasteiger partial charge >= 0.3 is 5.97 Å². The smallest absolute Gasteiger partial charge is 0.305 e. The number of aliphatic carboxylic acids is 1. The van der Waals surface area contributed by atoms with Gasteiger partial charge < -0.3 is 10.0 Å². The second-order valence-corrected chi connectivity index (χ2v) is 7.98. The van der Waals surface area contributed by atoms with Gasteiger partial charge in [0.15, 0.2) is 0 Å². The highest BCUT2D eigenvalue weighted by molar-refractivity contribution is 5.78. The zero-order valence-electron chi connectivity index (χ0n) is 19.1. The SMILES string of the molecule is CC(C)N(C(=O)CC(C#N)c1ccccc1)C(C)C.N#CC(CC(=O)O)c1ccccc1. The lowest BCUT2D eigenvalue weighted by atomic mass is 9.96.